The highest BCUT2D eigenvalue weighted by atomic mass is 16.5. The van der Waals surface area contributed by atoms with Gasteiger partial charge in [-0.3, -0.25) is 0 Å². The maximum atomic E-state index is 10.5. The molecule has 1 N–H and O–H groups in total. The summed E-state index contributed by atoms with van der Waals surface area (Å²) in [6.07, 6.45) is 6.94. The molecule has 2 atom stereocenters. The van der Waals surface area contributed by atoms with Gasteiger partial charge in [0, 0.05) is 13.7 Å². The fourth-order valence-electron chi connectivity index (χ4n) is 2.87. The summed E-state index contributed by atoms with van der Waals surface area (Å²) in [5.41, 5.74) is 0.735. The lowest BCUT2D eigenvalue weighted by atomic mass is 9.82. The number of aryl methyl sites for hydroxylation is 1. The van der Waals surface area contributed by atoms with Crippen molar-refractivity contribution in [1.29, 1.82) is 0 Å². The summed E-state index contributed by atoms with van der Waals surface area (Å²) in [5.74, 6) is 0.448. The topological polar surface area (TPSA) is 60.2 Å². The van der Waals surface area contributed by atoms with Gasteiger partial charge in [-0.15, -0.1) is 5.10 Å². The van der Waals surface area contributed by atoms with Crippen molar-refractivity contribution in [3.05, 3.63) is 11.9 Å². The Hall–Kier alpha value is -0.940. The summed E-state index contributed by atoms with van der Waals surface area (Å²) >= 11 is 0. The number of aliphatic hydroxyl groups is 1. The molecule has 1 heterocycles. The van der Waals surface area contributed by atoms with E-state index in [1.807, 2.05) is 6.92 Å². The minimum Gasteiger partial charge on any atom is -0.384 e. The van der Waals surface area contributed by atoms with Crippen molar-refractivity contribution < 1.29 is 9.84 Å². The molecular weight excluding hydrogens is 230 g/mol. The molecule has 18 heavy (non-hydrogen) atoms. The van der Waals surface area contributed by atoms with Crippen LogP contribution in [0.4, 0.5) is 0 Å². The molecule has 0 aliphatic heterocycles. The van der Waals surface area contributed by atoms with Crippen molar-refractivity contribution in [3.63, 3.8) is 0 Å². The summed E-state index contributed by atoms with van der Waals surface area (Å²) in [6.45, 7) is 2.60. The Bertz CT molecular complexity index is 361. The maximum Gasteiger partial charge on any atom is 0.124 e. The summed E-state index contributed by atoms with van der Waals surface area (Å²) in [5, 5.41) is 18.2. The van der Waals surface area contributed by atoms with E-state index in [1.54, 1.807) is 17.9 Å². The second kappa shape index (κ2) is 6.29. The normalized spacial score (nSPS) is 20.8. The van der Waals surface area contributed by atoms with Crippen molar-refractivity contribution in [2.24, 2.45) is 13.0 Å². The van der Waals surface area contributed by atoms with Gasteiger partial charge in [0.05, 0.1) is 18.0 Å². The number of nitrogens with zero attached hydrogens (tertiary/aromatic N) is 3. The lowest BCUT2D eigenvalue weighted by Gasteiger charge is -2.33. The van der Waals surface area contributed by atoms with Crippen LogP contribution in [0.1, 0.15) is 50.8 Å². The lowest BCUT2D eigenvalue weighted by Crippen LogP contribution is -2.33. The molecule has 5 nitrogen and oxygen atoms in total. The van der Waals surface area contributed by atoms with Gasteiger partial charge >= 0.3 is 0 Å². The summed E-state index contributed by atoms with van der Waals surface area (Å²) < 4.78 is 7.43. The SMILES string of the molecule is CCOC(C1CCCCC1)C(O)c1cnnn1C. The van der Waals surface area contributed by atoms with Crippen LogP contribution < -0.4 is 0 Å². The largest absolute Gasteiger partial charge is 0.384 e. The second-order valence-electron chi connectivity index (χ2n) is 5.05. The Morgan fingerprint density at radius 2 is 2.17 bits per heavy atom. The van der Waals surface area contributed by atoms with E-state index in [0.29, 0.717) is 12.5 Å². The van der Waals surface area contributed by atoms with Gasteiger partial charge in [0.15, 0.2) is 0 Å². The third kappa shape index (κ3) is 2.90. The molecule has 0 amide bonds. The standard InChI is InChI=1S/C13H23N3O2/c1-3-18-13(10-7-5-4-6-8-10)12(17)11-9-14-15-16(11)2/h9-10,12-13,17H,3-8H2,1-2H3. The maximum absolute atomic E-state index is 10.5. The van der Waals surface area contributed by atoms with Gasteiger partial charge in [-0.25, -0.2) is 4.68 Å². The number of hydrogen-bond donors (Lipinski definition) is 1. The molecule has 1 aromatic heterocycles. The van der Waals surface area contributed by atoms with E-state index in [-0.39, 0.29) is 6.10 Å². The summed E-state index contributed by atoms with van der Waals surface area (Å²) in [4.78, 5) is 0. The fraction of sp³-hybridized carbons (Fsp3) is 0.846. The van der Waals surface area contributed by atoms with Gasteiger partial charge in [-0.1, -0.05) is 24.5 Å². The van der Waals surface area contributed by atoms with E-state index in [9.17, 15) is 5.11 Å². The Morgan fingerprint density at radius 1 is 1.44 bits per heavy atom. The average molecular weight is 253 g/mol. The monoisotopic (exact) mass is 253 g/mol. The fourth-order valence-corrected chi connectivity index (χ4v) is 2.87. The van der Waals surface area contributed by atoms with E-state index in [4.69, 9.17) is 4.74 Å². The van der Waals surface area contributed by atoms with Gasteiger partial charge < -0.3 is 9.84 Å². The van der Waals surface area contributed by atoms with Crippen LogP contribution in [-0.2, 0) is 11.8 Å². The lowest BCUT2D eigenvalue weighted by molar-refractivity contribution is -0.0765. The first kappa shape index (κ1) is 13.5. The van der Waals surface area contributed by atoms with Crippen LogP contribution in [0.5, 0.6) is 0 Å². The van der Waals surface area contributed by atoms with Gasteiger partial charge in [0.1, 0.15) is 6.10 Å². The molecule has 102 valence electrons. The molecule has 0 bridgehead atoms. The molecule has 1 aromatic rings. The van der Waals surface area contributed by atoms with Crippen molar-refractivity contribution in [2.75, 3.05) is 6.61 Å². The van der Waals surface area contributed by atoms with Crippen molar-refractivity contribution in [3.8, 4) is 0 Å². The summed E-state index contributed by atoms with van der Waals surface area (Å²) in [7, 11) is 1.80. The number of hydrogen-bond acceptors (Lipinski definition) is 4. The van der Waals surface area contributed by atoms with E-state index in [0.717, 1.165) is 18.5 Å². The molecule has 5 heteroatoms. The first-order valence-electron chi connectivity index (χ1n) is 6.88. The zero-order chi connectivity index (χ0) is 13.0. The molecule has 2 unspecified atom stereocenters. The van der Waals surface area contributed by atoms with Crippen LogP contribution in [0.2, 0.25) is 0 Å². The highest BCUT2D eigenvalue weighted by Crippen LogP contribution is 2.33. The molecular formula is C13H23N3O2. The van der Waals surface area contributed by atoms with E-state index in [1.165, 1.54) is 19.3 Å². The van der Waals surface area contributed by atoms with Gasteiger partial charge in [0.2, 0.25) is 0 Å². The first-order valence-corrected chi connectivity index (χ1v) is 6.88. The van der Waals surface area contributed by atoms with E-state index in [2.05, 4.69) is 10.3 Å². The van der Waals surface area contributed by atoms with Crippen LogP contribution in [0.25, 0.3) is 0 Å². The summed E-state index contributed by atoms with van der Waals surface area (Å²) in [6, 6.07) is 0. The van der Waals surface area contributed by atoms with E-state index < -0.39 is 6.10 Å². The zero-order valence-corrected chi connectivity index (χ0v) is 11.2. The minimum absolute atomic E-state index is 0.132. The zero-order valence-electron chi connectivity index (χ0n) is 11.2. The Labute approximate surface area is 108 Å². The van der Waals surface area contributed by atoms with E-state index >= 15 is 0 Å². The van der Waals surface area contributed by atoms with Crippen LogP contribution in [0, 0.1) is 5.92 Å². The smallest absolute Gasteiger partial charge is 0.124 e. The number of rotatable bonds is 5. The third-order valence-electron chi connectivity index (χ3n) is 3.84. The second-order valence-corrected chi connectivity index (χ2v) is 5.05. The first-order chi connectivity index (χ1) is 8.74. The Morgan fingerprint density at radius 3 is 2.72 bits per heavy atom. The van der Waals surface area contributed by atoms with Crippen LogP contribution in [-0.4, -0.2) is 32.8 Å². The Kier molecular flexibility index (Phi) is 4.72. The molecule has 0 saturated heterocycles. The highest BCUT2D eigenvalue weighted by molar-refractivity contribution is 5.02. The highest BCUT2D eigenvalue weighted by Gasteiger charge is 2.32. The average Bonchev–Trinajstić information content (AvgIpc) is 2.82. The molecule has 2 rings (SSSR count). The van der Waals surface area contributed by atoms with Crippen LogP contribution in [0.3, 0.4) is 0 Å². The number of aromatic nitrogens is 3. The molecule has 1 fully saturated rings. The third-order valence-corrected chi connectivity index (χ3v) is 3.84. The molecule has 0 radical (unpaired) electrons. The quantitative estimate of drug-likeness (QED) is 0.869. The van der Waals surface area contributed by atoms with Crippen LogP contribution >= 0.6 is 0 Å². The molecule has 0 aromatic carbocycles. The minimum atomic E-state index is -0.631. The predicted molar refractivity (Wildman–Crippen MR) is 68.0 cm³/mol. The number of aliphatic hydroxyl groups excluding tert-OH is 1. The van der Waals surface area contributed by atoms with Crippen LogP contribution in [0.15, 0.2) is 6.20 Å². The Balaban J connectivity index is 2.10. The van der Waals surface area contributed by atoms with Gasteiger partial charge in [-0.05, 0) is 25.7 Å². The predicted octanol–water partition coefficient (Wildman–Crippen LogP) is 1.83. The van der Waals surface area contributed by atoms with Gasteiger partial charge in [0.25, 0.3) is 0 Å². The molecule has 1 saturated carbocycles. The molecule has 0 spiro atoms. The van der Waals surface area contributed by atoms with Crippen molar-refractivity contribution in [1.82, 2.24) is 15.0 Å². The molecule has 1 aliphatic carbocycles. The number of ether oxygens (including phenoxy) is 1. The van der Waals surface area contributed by atoms with Crippen molar-refractivity contribution in [2.45, 2.75) is 51.2 Å². The molecule has 1 aliphatic rings. The van der Waals surface area contributed by atoms with Gasteiger partial charge in [-0.2, -0.15) is 0 Å². The van der Waals surface area contributed by atoms with Crippen molar-refractivity contribution >= 4 is 0 Å².